The van der Waals surface area contributed by atoms with Crippen LogP contribution in [0.3, 0.4) is 0 Å². The van der Waals surface area contributed by atoms with Crippen LogP contribution in [0.1, 0.15) is 40.9 Å². The molecule has 0 fully saturated rings. The molecule has 1 unspecified atom stereocenters. The van der Waals surface area contributed by atoms with Gasteiger partial charge >= 0.3 is 0 Å². The maximum atomic E-state index is 13.1. The van der Waals surface area contributed by atoms with Crippen LogP contribution in [0.4, 0.5) is 0 Å². The highest BCUT2D eigenvalue weighted by atomic mass is 16.5. The van der Waals surface area contributed by atoms with E-state index >= 15 is 0 Å². The first kappa shape index (κ1) is 21.5. The van der Waals surface area contributed by atoms with Crippen LogP contribution < -0.4 is 4.74 Å². The summed E-state index contributed by atoms with van der Waals surface area (Å²) in [7, 11) is 5.06. The minimum absolute atomic E-state index is 0.0237. The Morgan fingerprint density at radius 1 is 1.29 bits per heavy atom. The average molecular weight is 385 g/mol. The summed E-state index contributed by atoms with van der Waals surface area (Å²) in [5.74, 6) is 0.933. The van der Waals surface area contributed by atoms with Crippen LogP contribution in [0.2, 0.25) is 0 Å². The fraction of sp³-hybridized carbons (Fsp3) is 0.429. The summed E-state index contributed by atoms with van der Waals surface area (Å²) in [6.07, 6.45) is 6.77. The van der Waals surface area contributed by atoms with E-state index in [1.54, 1.807) is 0 Å². The first-order valence-corrected chi connectivity index (χ1v) is 9.27. The molecule has 7 heteroatoms. The lowest BCUT2D eigenvalue weighted by Gasteiger charge is -2.17. The molecule has 1 aromatic heterocycles. The summed E-state index contributed by atoms with van der Waals surface area (Å²) >= 11 is 0. The Balaban J connectivity index is 0.000000878. The number of nitroso groups, excluding NO2 is 1. The number of hydrogen-bond acceptors (Lipinski definition) is 7. The van der Waals surface area contributed by atoms with Crippen molar-refractivity contribution in [2.45, 2.75) is 32.4 Å². The van der Waals surface area contributed by atoms with Crippen LogP contribution in [0.25, 0.3) is 0 Å². The van der Waals surface area contributed by atoms with Crippen LogP contribution >= 0.6 is 0 Å². The summed E-state index contributed by atoms with van der Waals surface area (Å²) in [4.78, 5) is 23.6. The van der Waals surface area contributed by atoms with Gasteiger partial charge in [-0.15, -0.1) is 0 Å². The largest absolute Gasteiger partial charge is 0.470 e. The van der Waals surface area contributed by atoms with E-state index in [1.165, 1.54) is 7.05 Å². The molecule has 0 N–H and O–H groups in total. The number of benzene rings is 1. The molecule has 0 spiro atoms. The molecule has 0 bridgehead atoms. The molecule has 2 aromatic rings. The third-order valence-electron chi connectivity index (χ3n) is 4.30. The van der Waals surface area contributed by atoms with E-state index in [0.29, 0.717) is 30.4 Å². The van der Waals surface area contributed by atoms with Gasteiger partial charge in [0.15, 0.2) is 11.5 Å². The number of carbonyl (C=O) groups is 1. The van der Waals surface area contributed by atoms with E-state index in [9.17, 15) is 4.79 Å². The lowest BCUT2D eigenvalue weighted by atomic mass is 9.87. The van der Waals surface area contributed by atoms with Gasteiger partial charge in [0.05, 0.1) is 13.6 Å². The second kappa shape index (κ2) is 11.1. The zero-order chi connectivity index (χ0) is 20.4. The summed E-state index contributed by atoms with van der Waals surface area (Å²) < 4.78 is 11.3. The van der Waals surface area contributed by atoms with Gasteiger partial charge < -0.3 is 14.2 Å². The predicted molar refractivity (Wildman–Crippen MR) is 107 cm³/mol. The molecule has 0 aliphatic heterocycles. The average Bonchev–Trinajstić information content (AvgIpc) is 3.09. The van der Waals surface area contributed by atoms with E-state index in [4.69, 9.17) is 14.2 Å². The molecular weight excluding hydrogens is 358 g/mol. The number of ether oxygens (including phenoxy) is 1. The van der Waals surface area contributed by atoms with Gasteiger partial charge in [-0.05, 0) is 44.1 Å². The lowest BCUT2D eigenvalue weighted by Crippen LogP contribution is -2.19. The molecule has 28 heavy (non-hydrogen) atoms. The Morgan fingerprint density at radius 2 is 2.00 bits per heavy atom. The number of carbonyl (C=O) groups excluding carboxylic acids is 1. The maximum absolute atomic E-state index is 13.1. The monoisotopic (exact) mass is 385 g/mol. The Kier molecular flexibility index (Phi) is 8.55. The minimum atomic E-state index is -0.0237. The van der Waals surface area contributed by atoms with Crippen molar-refractivity contribution in [1.29, 1.82) is 0 Å². The van der Waals surface area contributed by atoms with E-state index in [2.05, 4.69) is 22.5 Å². The summed E-state index contributed by atoms with van der Waals surface area (Å²) in [5.41, 5.74) is 1.53. The molecule has 0 saturated carbocycles. The van der Waals surface area contributed by atoms with E-state index in [0.717, 1.165) is 24.8 Å². The van der Waals surface area contributed by atoms with Crippen LogP contribution in [-0.2, 0) is 13.2 Å². The van der Waals surface area contributed by atoms with Gasteiger partial charge in [0.1, 0.15) is 12.2 Å². The number of nitrogens with zero attached hydrogens (tertiary/aromatic N) is 3. The lowest BCUT2D eigenvalue weighted by molar-refractivity contribution is 0.0905. The van der Waals surface area contributed by atoms with Gasteiger partial charge in [-0.2, -0.15) is 4.91 Å². The van der Waals surface area contributed by atoms with E-state index in [-0.39, 0.29) is 11.7 Å². The molecule has 7 nitrogen and oxygen atoms in total. The van der Waals surface area contributed by atoms with Crippen LogP contribution in [0.15, 0.2) is 52.2 Å². The smallest absolute Gasteiger partial charge is 0.265 e. The summed E-state index contributed by atoms with van der Waals surface area (Å²) in [6, 6.07) is 9.83. The van der Waals surface area contributed by atoms with Crippen molar-refractivity contribution in [2.75, 3.05) is 21.1 Å². The van der Waals surface area contributed by atoms with Gasteiger partial charge in [-0.3, -0.25) is 4.79 Å². The maximum Gasteiger partial charge on any atom is 0.265 e. The molecule has 1 aromatic carbocycles. The molecule has 1 atom stereocenters. The molecule has 0 radical (unpaired) electrons. The number of rotatable bonds is 7. The van der Waals surface area contributed by atoms with Crippen molar-refractivity contribution in [2.24, 2.45) is 11.1 Å². The number of aromatic nitrogens is 1. The Bertz CT molecular complexity index is 784. The van der Waals surface area contributed by atoms with Crippen molar-refractivity contribution >= 4 is 5.78 Å². The summed E-state index contributed by atoms with van der Waals surface area (Å²) in [5, 5.41) is 6.29. The first-order valence-electron chi connectivity index (χ1n) is 9.27. The normalized spacial score (nSPS) is 15.6. The Morgan fingerprint density at radius 3 is 2.61 bits per heavy atom. The molecule has 3 rings (SSSR count). The zero-order valence-corrected chi connectivity index (χ0v) is 16.6. The highest BCUT2D eigenvalue weighted by Gasteiger charge is 2.30. The third-order valence-corrected chi connectivity index (χ3v) is 4.30. The topological polar surface area (TPSA) is 85.0 Å². The minimum Gasteiger partial charge on any atom is -0.470 e. The van der Waals surface area contributed by atoms with Gasteiger partial charge in [0, 0.05) is 5.92 Å². The van der Waals surface area contributed by atoms with Crippen molar-refractivity contribution in [3.05, 3.63) is 64.3 Å². The predicted octanol–water partition coefficient (Wildman–Crippen LogP) is 4.24. The summed E-state index contributed by atoms with van der Waals surface area (Å²) in [6.45, 7) is 0.880. The first-order chi connectivity index (χ1) is 13.6. The fourth-order valence-corrected chi connectivity index (χ4v) is 3.01. The number of allylic oxidation sites excluding steroid dienone is 2. The molecule has 150 valence electrons. The van der Waals surface area contributed by atoms with E-state index < -0.39 is 0 Å². The van der Waals surface area contributed by atoms with Crippen molar-refractivity contribution < 1.29 is 14.1 Å². The van der Waals surface area contributed by atoms with E-state index in [1.807, 2.05) is 49.3 Å². The van der Waals surface area contributed by atoms with Crippen molar-refractivity contribution in [3.63, 3.8) is 0 Å². The standard InChI is InChI=1S/C20H24N2O3.CH3NO/c1-22(2)13-17-18(19(23)16-11-7-4-8-12-16)20(21-25-17)24-14-15-9-5-3-6-10-15;1-2-3/h3-7,9-10,16H,8,11-14H2,1-2H3;1H3. The van der Waals surface area contributed by atoms with Gasteiger partial charge in [-0.25, -0.2) is 0 Å². The quantitative estimate of drug-likeness (QED) is 0.403. The van der Waals surface area contributed by atoms with Crippen molar-refractivity contribution in [1.82, 2.24) is 10.1 Å². The number of hydrogen-bond donors (Lipinski definition) is 0. The molecule has 1 heterocycles. The molecule has 0 amide bonds. The number of ketones is 1. The third kappa shape index (κ3) is 6.13. The van der Waals surface area contributed by atoms with Gasteiger partial charge in [0.2, 0.25) is 0 Å². The SMILES string of the molecule is CN(C)Cc1onc(OCc2ccccc2)c1C(=O)C1CC=CCC1.CN=O. The zero-order valence-electron chi connectivity index (χ0n) is 16.6. The van der Waals surface area contributed by atoms with Gasteiger partial charge in [0.25, 0.3) is 5.88 Å². The molecule has 0 saturated heterocycles. The Hall–Kier alpha value is -2.80. The highest BCUT2D eigenvalue weighted by Crippen LogP contribution is 2.30. The molecule has 1 aliphatic rings. The fourth-order valence-electron chi connectivity index (χ4n) is 3.01. The second-order valence-electron chi connectivity index (χ2n) is 6.83. The van der Waals surface area contributed by atoms with Crippen LogP contribution in [0.5, 0.6) is 5.88 Å². The molecule has 1 aliphatic carbocycles. The van der Waals surface area contributed by atoms with Crippen molar-refractivity contribution in [3.8, 4) is 5.88 Å². The molecular formula is C21H27N3O4. The Labute approximate surface area is 165 Å². The van der Waals surface area contributed by atoms with Gasteiger partial charge in [-0.1, -0.05) is 47.7 Å². The van der Waals surface area contributed by atoms with Crippen LogP contribution in [0, 0.1) is 10.8 Å². The van der Waals surface area contributed by atoms with Crippen LogP contribution in [-0.4, -0.2) is 37.0 Å². The number of Topliss-reactive ketones (excluding diaryl/α,β-unsaturated/α-hetero) is 1. The highest BCUT2D eigenvalue weighted by molar-refractivity contribution is 6.00. The second-order valence-corrected chi connectivity index (χ2v) is 6.83.